The van der Waals surface area contributed by atoms with E-state index in [4.69, 9.17) is 4.28 Å². The number of allylic oxidation sites excluding steroid dienone is 2. The van der Waals surface area contributed by atoms with Gasteiger partial charge in [0.25, 0.3) is 0 Å². The summed E-state index contributed by atoms with van der Waals surface area (Å²) in [4.78, 5) is 11.5. The molecule has 0 radical (unpaired) electrons. The molecule has 23 heavy (non-hydrogen) atoms. The molecule has 0 spiro atoms. The van der Waals surface area contributed by atoms with Crippen molar-refractivity contribution in [3.8, 4) is 0 Å². The summed E-state index contributed by atoms with van der Waals surface area (Å²) in [6.45, 7) is 5.22. The minimum Gasteiger partial charge on any atom is -0.293 e. The highest BCUT2D eigenvalue weighted by Crippen LogP contribution is 2.36. The lowest BCUT2D eigenvalue weighted by Gasteiger charge is -2.30. The Balaban J connectivity index is 2.33. The number of benzene rings is 1. The number of aryl methyl sites for hydroxylation is 1. The Morgan fingerprint density at radius 1 is 1.22 bits per heavy atom. The molecule has 5 nitrogen and oxygen atoms in total. The van der Waals surface area contributed by atoms with Crippen LogP contribution in [0.5, 0.6) is 0 Å². The zero-order chi connectivity index (χ0) is 17.4. The van der Waals surface area contributed by atoms with Crippen LogP contribution in [0.1, 0.15) is 19.4 Å². The predicted octanol–water partition coefficient (Wildman–Crippen LogP) is 3.50. The van der Waals surface area contributed by atoms with Crippen LogP contribution in [-0.2, 0) is 19.2 Å². The molecule has 0 heterocycles. The summed E-state index contributed by atoms with van der Waals surface area (Å²) in [5.74, 6) is -0.128. The van der Waals surface area contributed by atoms with E-state index < -0.39 is 19.3 Å². The third kappa shape index (κ3) is 3.75. The first-order valence-electron chi connectivity index (χ1n) is 6.70. The van der Waals surface area contributed by atoms with E-state index in [0.717, 1.165) is 5.56 Å². The predicted molar refractivity (Wildman–Crippen MR) is 95.7 cm³/mol. The molecule has 0 saturated heterocycles. The number of hydrogen-bond acceptors (Lipinski definition) is 5. The largest absolute Gasteiger partial charge is 0.358 e. The van der Waals surface area contributed by atoms with Crippen LogP contribution >= 0.6 is 31.9 Å². The van der Waals surface area contributed by atoms with Crippen LogP contribution in [0.15, 0.2) is 46.0 Å². The summed E-state index contributed by atoms with van der Waals surface area (Å²) in [6.07, 6.45) is 1.41. The lowest BCUT2D eigenvalue weighted by molar-refractivity contribution is -0.116. The Kier molecular flexibility index (Phi) is 5.18. The average molecular weight is 465 g/mol. The monoisotopic (exact) mass is 463 g/mol. The van der Waals surface area contributed by atoms with Gasteiger partial charge in [0, 0.05) is 0 Å². The third-order valence-electron chi connectivity index (χ3n) is 3.49. The van der Waals surface area contributed by atoms with E-state index in [0.29, 0.717) is 11.3 Å². The van der Waals surface area contributed by atoms with Gasteiger partial charge in [-0.15, -0.1) is 0 Å². The molecule has 0 fully saturated rings. The molecule has 8 heteroatoms. The van der Waals surface area contributed by atoms with E-state index in [2.05, 4.69) is 37.0 Å². The Labute approximate surface area is 152 Å². The van der Waals surface area contributed by atoms with E-state index in [1.165, 1.54) is 18.2 Å². The van der Waals surface area contributed by atoms with Crippen LogP contribution in [0.4, 0.5) is 0 Å². The number of rotatable bonds is 3. The lowest BCUT2D eigenvalue weighted by atomic mass is 9.88. The number of ketones is 1. The van der Waals surface area contributed by atoms with Crippen molar-refractivity contribution < 1.29 is 17.5 Å². The summed E-state index contributed by atoms with van der Waals surface area (Å²) in [5, 5.41) is 3.78. The molecule has 2 unspecified atom stereocenters. The number of halogens is 2. The van der Waals surface area contributed by atoms with E-state index >= 15 is 0 Å². The fourth-order valence-electron chi connectivity index (χ4n) is 1.95. The van der Waals surface area contributed by atoms with Crippen molar-refractivity contribution in [2.75, 3.05) is 0 Å². The van der Waals surface area contributed by atoms with E-state index in [-0.39, 0.29) is 10.7 Å². The minimum absolute atomic E-state index is 0.0219. The zero-order valence-corrected chi connectivity index (χ0v) is 16.7. The molecule has 1 aromatic rings. The van der Waals surface area contributed by atoms with Gasteiger partial charge >= 0.3 is 10.1 Å². The van der Waals surface area contributed by atoms with Gasteiger partial charge in [0.05, 0.1) is 10.5 Å². The van der Waals surface area contributed by atoms with Crippen molar-refractivity contribution >= 4 is 53.5 Å². The second-order valence-corrected chi connectivity index (χ2v) is 9.54. The summed E-state index contributed by atoms with van der Waals surface area (Å²) in [5.41, 5.74) is 1.84. The van der Waals surface area contributed by atoms with Crippen molar-refractivity contribution in [3.05, 3.63) is 41.5 Å². The van der Waals surface area contributed by atoms with Crippen LogP contribution in [0.3, 0.4) is 0 Å². The minimum atomic E-state index is -4.01. The van der Waals surface area contributed by atoms with Gasteiger partial charge in [-0.25, -0.2) is 0 Å². The van der Waals surface area contributed by atoms with Gasteiger partial charge in [0.15, 0.2) is 5.78 Å². The van der Waals surface area contributed by atoms with Gasteiger partial charge in [-0.1, -0.05) is 54.7 Å². The van der Waals surface area contributed by atoms with E-state index in [1.54, 1.807) is 26.0 Å². The third-order valence-corrected chi connectivity index (χ3v) is 7.43. The summed E-state index contributed by atoms with van der Waals surface area (Å²) < 4.78 is 28.3. The molecule has 2 rings (SSSR count). The summed E-state index contributed by atoms with van der Waals surface area (Å²) >= 11 is 6.71. The topological polar surface area (TPSA) is 72.8 Å². The number of alkyl halides is 2. The molecule has 0 bridgehead atoms. The normalized spacial score (nSPS) is 27.0. The lowest BCUT2D eigenvalue weighted by Crippen LogP contribution is -2.45. The van der Waals surface area contributed by atoms with Gasteiger partial charge in [0.1, 0.15) is 9.22 Å². The maximum absolute atomic E-state index is 12.2. The van der Waals surface area contributed by atoms with Gasteiger partial charge < -0.3 is 0 Å². The highest BCUT2D eigenvalue weighted by atomic mass is 79.9. The molecule has 2 atom stereocenters. The van der Waals surface area contributed by atoms with E-state index in [1.807, 2.05) is 6.92 Å². The Bertz CT molecular complexity index is 795. The van der Waals surface area contributed by atoms with Crippen molar-refractivity contribution in [2.45, 2.75) is 34.8 Å². The smallest absolute Gasteiger partial charge is 0.293 e. The van der Waals surface area contributed by atoms with Crippen LogP contribution < -0.4 is 0 Å². The number of carbonyl (C=O) groups is 1. The zero-order valence-electron chi connectivity index (χ0n) is 12.7. The first-order chi connectivity index (χ1) is 10.6. The molecule has 1 aliphatic rings. The second kappa shape index (κ2) is 6.49. The molecular formula is C15H15Br2NO4S. The van der Waals surface area contributed by atoms with Crippen molar-refractivity contribution in [2.24, 2.45) is 5.16 Å². The molecule has 1 aliphatic carbocycles. The maximum atomic E-state index is 12.2. The van der Waals surface area contributed by atoms with Crippen LogP contribution in [0, 0.1) is 6.92 Å². The van der Waals surface area contributed by atoms with Gasteiger partial charge in [0.2, 0.25) is 0 Å². The average Bonchev–Trinajstić information content (AvgIpc) is 2.46. The molecule has 0 aromatic heterocycles. The number of oxime groups is 1. The summed E-state index contributed by atoms with van der Waals surface area (Å²) in [6, 6.07) is 6.27. The standard InChI is InChI=1S/C15H15Br2NO4S/c1-9-4-6-11(7-5-9)23(20,21)22-18-13-10(2)8-12(19)15(3,17)14(13)16/h4-8,14H,1-3H3/b18-13+. The number of carbonyl (C=O) groups excluding carboxylic acids is 1. The fraction of sp³-hybridized carbons (Fsp3) is 0.333. The van der Waals surface area contributed by atoms with Crippen molar-refractivity contribution in [3.63, 3.8) is 0 Å². The molecule has 0 N–H and O–H groups in total. The summed E-state index contributed by atoms with van der Waals surface area (Å²) in [7, 11) is -4.01. The number of hydrogen-bond donors (Lipinski definition) is 0. The quantitative estimate of drug-likeness (QED) is 0.506. The Hall–Kier alpha value is -0.990. The Morgan fingerprint density at radius 3 is 2.35 bits per heavy atom. The van der Waals surface area contributed by atoms with Crippen molar-refractivity contribution in [1.82, 2.24) is 0 Å². The maximum Gasteiger partial charge on any atom is 0.358 e. The van der Waals surface area contributed by atoms with Crippen LogP contribution in [0.25, 0.3) is 0 Å². The van der Waals surface area contributed by atoms with E-state index in [9.17, 15) is 13.2 Å². The SMILES string of the molecule is CC1=CC(=O)C(C)(Br)C(Br)/C1=N/OS(=O)(=O)c1ccc(C)cc1. The number of nitrogens with zero attached hydrogens (tertiary/aromatic N) is 1. The van der Waals surface area contributed by atoms with Gasteiger partial charge in [-0.2, -0.15) is 8.42 Å². The van der Waals surface area contributed by atoms with Gasteiger partial charge in [-0.05, 0) is 44.6 Å². The fourth-order valence-corrected chi connectivity index (χ4v) is 3.68. The van der Waals surface area contributed by atoms with Gasteiger partial charge in [-0.3, -0.25) is 9.08 Å². The van der Waals surface area contributed by atoms with Crippen LogP contribution in [-0.4, -0.2) is 29.1 Å². The molecule has 0 amide bonds. The molecule has 124 valence electrons. The molecular weight excluding hydrogens is 450 g/mol. The van der Waals surface area contributed by atoms with Crippen LogP contribution in [0.2, 0.25) is 0 Å². The Morgan fingerprint density at radius 2 is 1.78 bits per heavy atom. The first-order valence-corrected chi connectivity index (χ1v) is 9.81. The molecule has 0 aliphatic heterocycles. The first kappa shape index (κ1) is 18.4. The van der Waals surface area contributed by atoms with Crippen molar-refractivity contribution in [1.29, 1.82) is 0 Å². The highest BCUT2D eigenvalue weighted by molar-refractivity contribution is 9.13. The highest BCUT2D eigenvalue weighted by Gasteiger charge is 2.43. The molecule has 0 saturated carbocycles. The molecule has 1 aromatic carbocycles. The second-order valence-electron chi connectivity index (χ2n) is 5.45.